The average Bonchev–Trinajstić information content (AvgIpc) is 2.80. The van der Waals surface area contributed by atoms with Gasteiger partial charge in [0.25, 0.3) is 0 Å². The molecule has 0 aliphatic carbocycles. The van der Waals surface area contributed by atoms with Crippen LogP contribution in [-0.2, 0) is 4.74 Å². The maximum Gasteiger partial charge on any atom is 0.358 e. The van der Waals surface area contributed by atoms with Gasteiger partial charge in [0.2, 0.25) is 0 Å². The molecule has 0 amide bonds. The van der Waals surface area contributed by atoms with Crippen LogP contribution >= 0.6 is 11.6 Å². The van der Waals surface area contributed by atoms with Crippen molar-refractivity contribution in [2.24, 2.45) is 0 Å². The average molecular weight is 451 g/mol. The summed E-state index contributed by atoms with van der Waals surface area (Å²) >= 11 is 5.97. The first-order valence-electron chi connectivity index (χ1n) is 10.3. The number of rotatable bonds is 5. The number of hydrogen-bond acceptors (Lipinski definition) is 6. The second-order valence-electron chi connectivity index (χ2n) is 7.76. The van der Waals surface area contributed by atoms with Gasteiger partial charge in [-0.25, -0.2) is 9.78 Å². The van der Waals surface area contributed by atoms with E-state index in [1.54, 1.807) is 12.1 Å². The zero-order chi connectivity index (χ0) is 22.8. The number of halogens is 1. The first-order chi connectivity index (χ1) is 15.4. The molecule has 32 heavy (non-hydrogen) atoms. The second kappa shape index (κ2) is 9.01. The summed E-state index contributed by atoms with van der Waals surface area (Å²) in [6.45, 7) is 3.88. The second-order valence-corrected chi connectivity index (χ2v) is 8.15. The van der Waals surface area contributed by atoms with E-state index in [4.69, 9.17) is 21.1 Å². The van der Waals surface area contributed by atoms with Crippen molar-refractivity contribution in [3.8, 4) is 5.75 Å². The van der Waals surface area contributed by atoms with Gasteiger partial charge in [0, 0.05) is 5.56 Å². The molecule has 0 saturated carbocycles. The van der Waals surface area contributed by atoms with Gasteiger partial charge >= 0.3 is 5.97 Å². The normalized spacial score (nSPS) is 16.0. The summed E-state index contributed by atoms with van der Waals surface area (Å²) in [5, 5.41) is 3.49. The zero-order valence-electron chi connectivity index (χ0n) is 18.0. The highest BCUT2D eigenvalue weighted by atomic mass is 35.5. The van der Waals surface area contributed by atoms with Gasteiger partial charge in [0.15, 0.2) is 11.5 Å². The van der Waals surface area contributed by atoms with Crippen LogP contribution in [0.25, 0.3) is 0 Å². The Hall–Kier alpha value is -3.38. The van der Waals surface area contributed by atoms with Crippen LogP contribution in [0.4, 0.5) is 5.69 Å². The molecule has 0 fully saturated rings. The Balaban J connectivity index is 1.71. The number of esters is 1. The number of carbonyl (C=O) groups is 2. The van der Waals surface area contributed by atoms with Crippen molar-refractivity contribution in [3.05, 3.63) is 87.7 Å². The number of nitrogens with zero attached hydrogens (tertiary/aromatic N) is 1. The first-order valence-corrected chi connectivity index (χ1v) is 10.7. The van der Waals surface area contributed by atoms with E-state index in [0.717, 1.165) is 16.7 Å². The Morgan fingerprint density at radius 3 is 2.69 bits per heavy atom. The number of benzene rings is 2. The smallest absolute Gasteiger partial charge is 0.358 e. The number of anilines is 1. The van der Waals surface area contributed by atoms with Gasteiger partial charge < -0.3 is 14.8 Å². The fraction of sp³-hybridized carbons (Fsp3) is 0.240. The fourth-order valence-electron chi connectivity index (χ4n) is 3.89. The fourth-order valence-corrected chi connectivity index (χ4v) is 4.04. The van der Waals surface area contributed by atoms with E-state index in [2.05, 4.69) is 10.3 Å². The van der Waals surface area contributed by atoms with Crippen LogP contribution in [0.2, 0.25) is 5.15 Å². The van der Waals surface area contributed by atoms with Crippen molar-refractivity contribution in [3.63, 3.8) is 0 Å². The van der Waals surface area contributed by atoms with Crippen molar-refractivity contribution >= 4 is 29.0 Å². The first kappa shape index (κ1) is 21.8. The van der Waals surface area contributed by atoms with Crippen molar-refractivity contribution in [1.29, 1.82) is 0 Å². The highest BCUT2D eigenvalue weighted by Crippen LogP contribution is 2.41. The third kappa shape index (κ3) is 4.32. The van der Waals surface area contributed by atoms with Gasteiger partial charge in [-0.3, -0.25) is 4.79 Å². The van der Waals surface area contributed by atoms with E-state index >= 15 is 0 Å². The van der Waals surface area contributed by atoms with Gasteiger partial charge in [0.1, 0.15) is 17.0 Å². The summed E-state index contributed by atoms with van der Waals surface area (Å²) in [5.41, 5.74) is 3.86. The molecule has 4 rings (SSSR count). The molecule has 1 aliphatic rings. The molecule has 2 aromatic carbocycles. The number of fused-ring (bicyclic) bond motifs is 1. The largest absolute Gasteiger partial charge is 0.484 e. The minimum Gasteiger partial charge on any atom is -0.484 e. The van der Waals surface area contributed by atoms with E-state index < -0.39 is 5.97 Å². The molecule has 2 heterocycles. The summed E-state index contributed by atoms with van der Waals surface area (Å²) in [5.74, 6) is 0.00643. The van der Waals surface area contributed by atoms with Crippen LogP contribution in [0.3, 0.4) is 0 Å². The molecule has 164 valence electrons. The van der Waals surface area contributed by atoms with E-state index in [0.29, 0.717) is 17.0 Å². The Labute approximate surface area is 191 Å². The lowest BCUT2D eigenvalue weighted by molar-refractivity contribution is 0.0595. The maximum atomic E-state index is 13.0. The number of nitrogens with one attached hydrogen (secondary N) is 1. The number of hydrogen-bond donors (Lipinski definition) is 1. The van der Waals surface area contributed by atoms with Crippen LogP contribution in [-0.4, -0.2) is 23.8 Å². The summed E-state index contributed by atoms with van der Waals surface area (Å²) in [6, 6.07) is 16.5. The Bertz CT molecular complexity index is 1180. The quantitative estimate of drug-likeness (QED) is 0.396. The van der Waals surface area contributed by atoms with E-state index in [9.17, 15) is 9.59 Å². The summed E-state index contributed by atoms with van der Waals surface area (Å²) < 4.78 is 11.2. The Morgan fingerprint density at radius 1 is 1.22 bits per heavy atom. The van der Waals surface area contributed by atoms with E-state index in [1.807, 2.05) is 56.3 Å². The molecule has 1 unspecified atom stereocenters. The van der Waals surface area contributed by atoms with Crippen molar-refractivity contribution in [2.45, 2.75) is 32.4 Å². The molecule has 1 N–H and O–H groups in total. The highest BCUT2D eigenvalue weighted by Gasteiger charge is 2.31. The summed E-state index contributed by atoms with van der Waals surface area (Å²) in [7, 11) is 1.29. The monoisotopic (exact) mass is 450 g/mol. The topological polar surface area (TPSA) is 77.5 Å². The van der Waals surface area contributed by atoms with E-state index in [1.165, 1.54) is 7.11 Å². The molecule has 0 bridgehead atoms. The lowest BCUT2D eigenvalue weighted by Gasteiger charge is -2.30. The molecule has 0 spiro atoms. The zero-order valence-corrected chi connectivity index (χ0v) is 18.8. The number of aryl methyl sites for hydroxylation is 1. The molecule has 1 aromatic heterocycles. The number of ketones is 1. The minimum atomic E-state index is -0.593. The molecule has 6 nitrogen and oxygen atoms in total. The van der Waals surface area contributed by atoms with Crippen molar-refractivity contribution < 1.29 is 19.1 Å². The predicted octanol–water partition coefficient (Wildman–Crippen LogP) is 5.71. The van der Waals surface area contributed by atoms with Crippen LogP contribution in [0.15, 0.2) is 54.6 Å². The Morgan fingerprint density at radius 2 is 1.97 bits per heavy atom. The summed E-state index contributed by atoms with van der Waals surface area (Å²) in [4.78, 5) is 29.3. The SMILES string of the molecule is COC(=O)c1nc(Cl)ccc1N[C@H](C)c1cc(C)cc2c1OC(c1ccccc1)CC2=O. The highest BCUT2D eigenvalue weighted by molar-refractivity contribution is 6.29. The maximum absolute atomic E-state index is 13.0. The molecule has 2 atom stereocenters. The predicted molar refractivity (Wildman–Crippen MR) is 123 cm³/mol. The standard InChI is InChI=1S/C25H23ClN2O4/c1-14-11-17(15(2)27-19-9-10-22(26)28-23(19)25(30)31-3)24-18(12-14)20(29)13-21(32-24)16-7-5-4-6-8-16/h4-12,15,21,27H,13H2,1-3H3/t15-,21?/m1/s1. The van der Waals surface area contributed by atoms with Gasteiger partial charge in [-0.1, -0.05) is 48.0 Å². The third-order valence-electron chi connectivity index (χ3n) is 5.44. The molecular weight excluding hydrogens is 428 g/mol. The summed E-state index contributed by atoms with van der Waals surface area (Å²) in [6.07, 6.45) is -0.0670. The lowest BCUT2D eigenvalue weighted by atomic mass is 9.91. The van der Waals surface area contributed by atoms with Gasteiger partial charge in [-0.2, -0.15) is 0 Å². The third-order valence-corrected chi connectivity index (χ3v) is 5.65. The molecular formula is C25H23ClN2O4. The Kier molecular flexibility index (Phi) is 6.15. The van der Waals surface area contributed by atoms with Gasteiger partial charge in [-0.05, 0) is 43.2 Å². The van der Waals surface area contributed by atoms with E-state index in [-0.39, 0.29) is 35.2 Å². The lowest BCUT2D eigenvalue weighted by Crippen LogP contribution is -2.23. The van der Waals surface area contributed by atoms with Crippen molar-refractivity contribution in [2.75, 3.05) is 12.4 Å². The van der Waals surface area contributed by atoms with Crippen LogP contribution < -0.4 is 10.1 Å². The van der Waals surface area contributed by atoms with Crippen LogP contribution in [0.1, 0.15) is 63.0 Å². The number of ether oxygens (including phenoxy) is 2. The van der Waals surface area contributed by atoms with Crippen LogP contribution in [0.5, 0.6) is 5.75 Å². The van der Waals surface area contributed by atoms with Gasteiger partial charge in [-0.15, -0.1) is 0 Å². The van der Waals surface area contributed by atoms with Crippen LogP contribution in [0, 0.1) is 6.92 Å². The molecule has 7 heteroatoms. The molecule has 0 radical (unpaired) electrons. The number of pyridine rings is 1. The molecule has 3 aromatic rings. The minimum absolute atomic E-state index is 0.0423. The van der Waals surface area contributed by atoms with Gasteiger partial charge in [0.05, 0.1) is 30.8 Å². The van der Waals surface area contributed by atoms with Crippen molar-refractivity contribution in [1.82, 2.24) is 4.98 Å². The number of methoxy groups -OCH3 is 1. The molecule has 1 aliphatic heterocycles. The molecule has 0 saturated heterocycles. The number of aromatic nitrogens is 1. The number of Topliss-reactive ketones (excluding diaryl/α,β-unsaturated/α-hetero) is 1. The number of carbonyl (C=O) groups excluding carboxylic acids is 2.